The molecule has 0 fully saturated rings. The highest BCUT2D eigenvalue weighted by atomic mass is 35.5. The van der Waals surface area contributed by atoms with Gasteiger partial charge in [0.15, 0.2) is 0 Å². The van der Waals surface area contributed by atoms with E-state index < -0.39 is 17.6 Å². The molecule has 0 bridgehead atoms. The molecule has 0 unspecified atom stereocenters. The number of halogens is 4. The summed E-state index contributed by atoms with van der Waals surface area (Å²) in [5, 5.41) is 12.1. The third kappa shape index (κ3) is 5.46. The Morgan fingerprint density at radius 3 is 2.55 bits per heavy atom. The number of anilines is 1. The lowest BCUT2D eigenvalue weighted by Gasteiger charge is -2.11. The van der Waals surface area contributed by atoms with Gasteiger partial charge in [-0.05, 0) is 44.2 Å². The smallest absolute Gasteiger partial charge is 0.324 e. The van der Waals surface area contributed by atoms with Gasteiger partial charge in [0.05, 0.1) is 37.6 Å². The molecule has 0 atom stereocenters. The third-order valence-corrected chi connectivity index (χ3v) is 6.04. The van der Waals surface area contributed by atoms with Gasteiger partial charge in [-0.25, -0.2) is 4.98 Å². The monoisotopic (exact) mass is 458 g/mol. The number of aromatic nitrogens is 3. The lowest BCUT2D eigenvalue weighted by Crippen LogP contribution is -2.15. The van der Waals surface area contributed by atoms with E-state index in [1.807, 2.05) is 13.8 Å². The lowest BCUT2D eigenvalue weighted by atomic mass is 10.2. The fraction of sp³-hybridized carbons (Fsp3) is 0.222. The predicted octanol–water partition coefficient (Wildman–Crippen LogP) is 5.62. The van der Waals surface area contributed by atoms with Crippen molar-refractivity contribution in [1.29, 1.82) is 0 Å². The van der Waals surface area contributed by atoms with Crippen LogP contribution in [0, 0.1) is 13.8 Å². The van der Waals surface area contributed by atoms with E-state index in [1.165, 1.54) is 11.3 Å². The number of amides is 1. The molecule has 1 amide bonds. The Labute approximate surface area is 177 Å². The quantitative estimate of drug-likeness (QED) is 0.502. The van der Waals surface area contributed by atoms with Crippen molar-refractivity contribution in [2.75, 3.05) is 11.1 Å². The Hall–Kier alpha value is -2.17. The molecule has 0 radical (unpaired) electrons. The first-order valence-corrected chi connectivity index (χ1v) is 10.4. The first-order chi connectivity index (χ1) is 13.6. The maximum absolute atomic E-state index is 12.8. The van der Waals surface area contributed by atoms with E-state index in [-0.39, 0.29) is 16.5 Å². The number of carbonyl (C=O) groups is 1. The van der Waals surface area contributed by atoms with Crippen molar-refractivity contribution in [3.63, 3.8) is 0 Å². The first-order valence-electron chi connectivity index (χ1n) is 8.21. The van der Waals surface area contributed by atoms with E-state index in [2.05, 4.69) is 20.5 Å². The number of carbonyl (C=O) groups excluding carboxylic acids is 1. The van der Waals surface area contributed by atoms with Gasteiger partial charge in [0, 0.05) is 0 Å². The predicted molar refractivity (Wildman–Crippen MR) is 108 cm³/mol. The maximum Gasteiger partial charge on any atom is 0.416 e. The number of thiazole rings is 1. The number of benzene rings is 1. The number of nitrogens with one attached hydrogen (secondary N) is 1. The van der Waals surface area contributed by atoms with Crippen LogP contribution in [-0.4, -0.2) is 26.8 Å². The van der Waals surface area contributed by atoms with E-state index >= 15 is 0 Å². The molecule has 1 N–H and O–H groups in total. The van der Waals surface area contributed by atoms with Crippen LogP contribution in [0.5, 0.6) is 0 Å². The zero-order valence-corrected chi connectivity index (χ0v) is 17.6. The highest BCUT2D eigenvalue weighted by molar-refractivity contribution is 7.99. The van der Waals surface area contributed by atoms with Crippen molar-refractivity contribution in [3.8, 4) is 10.6 Å². The van der Waals surface area contributed by atoms with Crippen molar-refractivity contribution in [2.45, 2.75) is 25.0 Å². The highest BCUT2D eigenvalue weighted by Crippen LogP contribution is 2.34. The normalized spacial score (nSPS) is 11.5. The Balaban J connectivity index is 1.62. The van der Waals surface area contributed by atoms with Crippen molar-refractivity contribution >= 4 is 46.3 Å². The van der Waals surface area contributed by atoms with E-state index in [0.717, 1.165) is 45.5 Å². The van der Waals surface area contributed by atoms with Gasteiger partial charge in [0.2, 0.25) is 5.91 Å². The molecule has 1 aromatic carbocycles. The van der Waals surface area contributed by atoms with Crippen molar-refractivity contribution < 1.29 is 18.0 Å². The third-order valence-electron chi connectivity index (χ3n) is 3.70. The Morgan fingerprint density at radius 2 is 1.97 bits per heavy atom. The number of aryl methyl sites for hydroxylation is 2. The summed E-state index contributed by atoms with van der Waals surface area (Å²) < 4.78 is 38.4. The maximum atomic E-state index is 12.8. The minimum Gasteiger partial charge on any atom is -0.324 e. The van der Waals surface area contributed by atoms with Crippen molar-refractivity contribution in [3.05, 3.63) is 51.6 Å². The number of alkyl halides is 3. The highest BCUT2D eigenvalue weighted by Gasteiger charge is 2.31. The zero-order chi connectivity index (χ0) is 21.2. The molecule has 152 valence electrons. The molecule has 0 aliphatic carbocycles. The molecule has 0 saturated carbocycles. The van der Waals surface area contributed by atoms with Gasteiger partial charge >= 0.3 is 6.18 Å². The standard InChI is InChI=1S/C18H14ClF3N4OS2/c1-9-17(29-10(2)23-9)13-5-6-16(26-25-13)28-8-15(27)24-14-7-11(18(20,21)22)3-4-12(14)19/h3-7H,8H2,1-2H3,(H,24,27). The van der Waals surface area contributed by atoms with Crippen molar-refractivity contribution in [1.82, 2.24) is 15.2 Å². The Kier molecular flexibility index (Phi) is 6.45. The van der Waals surface area contributed by atoms with E-state index in [1.54, 1.807) is 12.1 Å². The van der Waals surface area contributed by atoms with Crippen LogP contribution >= 0.6 is 34.7 Å². The van der Waals surface area contributed by atoms with Crippen LogP contribution in [0.3, 0.4) is 0 Å². The van der Waals surface area contributed by atoms with Crippen LogP contribution in [0.15, 0.2) is 35.4 Å². The minimum absolute atomic E-state index is 0.0238. The SMILES string of the molecule is Cc1nc(C)c(-c2ccc(SCC(=O)Nc3cc(C(F)(F)F)ccc3Cl)nn2)s1. The van der Waals surface area contributed by atoms with Gasteiger partial charge in [-0.15, -0.1) is 21.5 Å². The summed E-state index contributed by atoms with van der Waals surface area (Å²) in [4.78, 5) is 17.4. The molecular formula is C18H14ClF3N4OS2. The summed E-state index contributed by atoms with van der Waals surface area (Å²) in [6, 6.07) is 6.28. The van der Waals surface area contributed by atoms with Crippen LogP contribution in [0.25, 0.3) is 10.6 Å². The zero-order valence-electron chi connectivity index (χ0n) is 15.2. The van der Waals surface area contributed by atoms with Crippen molar-refractivity contribution in [2.24, 2.45) is 0 Å². The summed E-state index contributed by atoms with van der Waals surface area (Å²) in [5.74, 6) is -0.560. The van der Waals surface area contributed by atoms with Crippen LogP contribution in [0.4, 0.5) is 18.9 Å². The molecule has 5 nitrogen and oxygen atoms in total. The van der Waals surface area contributed by atoms with Crippen LogP contribution in [-0.2, 0) is 11.0 Å². The number of rotatable bonds is 5. The number of nitrogens with zero attached hydrogens (tertiary/aromatic N) is 3. The van der Waals surface area contributed by atoms with Gasteiger partial charge in [-0.2, -0.15) is 13.2 Å². The molecule has 2 aromatic heterocycles. The van der Waals surface area contributed by atoms with E-state index in [0.29, 0.717) is 10.7 Å². The molecule has 0 aliphatic heterocycles. The molecule has 3 rings (SSSR count). The average Bonchev–Trinajstić information content (AvgIpc) is 2.99. The van der Waals surface area contributed by atoms with Crippen LogP contribution in [0.1, 0.15) is 16.3 Å². The number of hydrogen-bond donors (Lipinski definition) is 1. The summed E-state index contributed by atoms with van der Waals surface area (Å²) in [7, 11) is 0. The second-order valence-electron chi connectivity index (χ2n) is 5.93. The first kappa shape index (κ1) is 21.5. The minimum atomic E-state index is -4.52. The van der Waals surface area contributed by atoms with E-state index in [9.17, 15) is 18.0 Å². The van der Waals surface area contributed by atoms with Crippen LogP contribution < -0.4 is 5.32 Å². The molecule has 11 heteroatoms. The van der Waals surface area contributed by atoms with Crippen LogP contribution in [0.2, 0.25) is 5.02 Å². The summed E-state index contributed by atoms with van der Waals surface area (Å²) in [5.41, 5.74) is 0.585. The van der Waals surface area contributed by atoms with Gasteiger partial charge in [-0.1, -0.05) is 23.4 Å². The van der Waals surface area contributed by atoms with Gasteiger partial charge < -0.3 is 5.32 Å². The number of thioether (sulfide) groups is 1. The fourth-order valence-corrected chi connectivity index (χ4v) is 4.07. The number of hydrogen-bond acceptors (Lipinski definition) is 6. The lowest BCUT2D eigenvalue weighted by molar-refractivity contribution is -0.137. The van der Waals surface area contributed by atoms with Gasteiger partial charge in [0.1, 0.15) is 10.7 Å². The molecule has 29 heavy (non-hydrogen) atoms. The van der Waals surface area contributed by atoms with Gasteiger partial charge in [0.25, 0.3) is 0 Å². The largest absolute Gasteiger partial charge is 0.416 e. The summed E-state index contributed by atoms with van der Waals surface area (Å²) >= 11 is 8.52. The molecule has 3 aromatic rings. The summed E-state index contributed by atoms with van der Waals surface area (Å²) in [6.07, 6.45) is -4.52. The Morgan fingerprint density at radius 1 is 1.21 bits per heavy atom. The molecule has 0 spiro atoms. The second kappa shape index (κ2) is 8.68. The second-order valence-corrected chi connectivity index (χ2v) is 8.54. The molecule has 0 saturated heterocycles. The molecular weight excluding hydrogens is 445 g/mol. The van der Waals surface area contributed by atoms with Gasteiger partial charge in [-0.3, -0.25) is 4.79 Å². The van der Waals surface area contributed by atoms with E-state index in [4.69, 9.17) is 11.6 Å². The average molecular weight is 459 g/mol. The molecule has 0 aliphatic rings. The Bertz CT molecular complexity index is 1040. The molecule has 2 heterocycles. The topological polar surface area (TPSA) is 67.8 Å². The fourth-order valence-electron chi connectivity index (χ4n) is 2.41. The summed E-state index contributed by atoms with van der Waals surface area (Å²) in [6.45, 7) is 3.81.